The minimum Gasteiger partial charge on any atom is -0.352 e. The molecule has 0 radical (unpaired) electrons. The highest BCUT2D eigenvalue weighted by molar-refractivity contribution is 5.96. The monoisotopic (exact) mass is 265 g/mol. The van der Waals surface area contributed by atoms with Crippen molar-refractivity contribution in [2.45, 2.75) is 20.3 Å². The molecule has 2 N–H and O–H groups in total. The maximum Gasteiger partial charge on any atom is 0.273 e. The van der Waals surface area contributed by atoms with Crippen LogP contribution in [-0.4, -0.2) is 30.5 Å². The quantitative estimate of drug-likeness (QED) is 0.446. The van der Waals surface area contributed by atoms with E-state index in [1.165, 1.54) is 12.1 Å². The summed E-state index contributed by atoms with van der Waals surface area (Å²) >= 11 is 0. The Morgan fingerprint density at radius 2 is 2.11 bits per heavy atom. The summed E-state index contributed by atoms with van der Waals surface area (Å²) in [5.41, 5.74) is 0.731. The van der Waals surface area contributed by atoms with E-state index in [0.29, 0.717) is 17.7 Å². The zero-order valence-electron chi connectivity index (χ0n) is 11.2. The fourth-order valence-corrected chi connectivity index (χ4v) is 1.75. The summed E-state index contributed by atoms with van der Waals surface area (Å²) in [7, 11) is 0. The van der Waals surface area contributed by atoms with Crippen molar-refractivity contribution >= 4 is 11.6 Å². The van der Waals surface area contributed by atoms with E-state index in [4.69, 9.17) is 0 Å². The normalized spacial score (nSPS) is 10.2. The maximum absolute atomic E-state index is 11.9. The lowest BCUT2D eigenvalue weighted by molar-refractivity contribution is -0.385. The molecule has 0 saturated carbocycles. The van der Waals surface area contributed by atoms with Crippen LogP contribution in [0.15, 0.2) is 18.2 Å². The van der Waals surface area contributed by atoms with Crippen LogP contribution in [0.25, 0.3) is 0 Å². The van der Waals surface area contributed by atoms with Crippen molar-refractivity contribution in [1.82, 2.24) is 10.6 Å². The van der Waals surface area contributed by atoms with Crippen LogP contribution in [0.4, 0.5) is 5.69 Å². The highest BCUT2D eigenvalue weighted by atomic mass is 16.6. The largest absolute Gasteiger partial charge is 0.352 e. The number of nitrogens with one attached hydrogen (secondary N) is 2. The van der Waals surface area contributed by atoms with Crippen LogP contribution in [-0.2, 0) is 0 Å². The molecule has 0 aliphatic heterocycles. The van der Waals surface area contributed by atoms with Crippen LogP contribution in [0, 0.1) is 17.0 Å². The Labute approximate surface area is 112 Å². The number of hydrogen-bond acceptors (Lipinski definition) is 4. The van der Waals surface area contributed by atoms with E-state index in [1.807, 2.05) is 6.92 Å². The van der Waals surface area contributed by atoms with Crippen molar-refractivity contribution in [3.8, 4) is 0 Å². The van der Waals surface area contributed by atoms with E-state index in [1.54, 1.807) is 13.0 Å². The van der Waals surface area contributed by atoms with Gasteiger partial charge in [-0.3, -0.25) is 14.9 Å². The topological polar surface area (TPSA) is 84.3 Å². The summed E-state index contributed by atoms with van der Waals surface area (Å²) < 4.78 is 0. The fourth-order valence-electron chi connectivity index (χ4n) is 1.75. The molecule has 19 heavy (non-hydrogen) atoms. The van der Waals surface area contributed by atoms with Crippen LogP contribution in [0.1, 0.15) is 29.3 Å². The molecule has 1 aromatic carbocycles. The van der Waals surface area contributed by atoms with Crippen molar-refractivity contribution in [2.24, 2.45) is 0 Å². The Balaban J connectivity index is 2.62. The van der Waals surface area contributed by atoms with Gasteiger partial charge in [-0.1, -0.05) is 13.0 Å². The Morgan fingerprint density at radius 3 is 2.74 bits per heavy atom. The summed E-state index contributed by atoms with van der Waals surface area (Å²) in [6, 6.07) is 4.53. The average molecular weight is 265 g/mol. The van der Waals surface area contributed by atoms with Crippen molar-refractivity contribution in [3.63, 3.8) is 0 Å². The molecule has 0 aromatic heterocycles. The van der Waals surface area contributed by atoms with Gasteiger partial charge in [0.1, 0.15) is 0 Å². The van der Waals surface area contributed by atoms with Gasteiger partial charge in [0.15, 0.2) is 0 Å². The van der Waals surface area contributed by atoms with Crippen LogP contribution < -0.4 is 10.6 Å². The first-order chi connectivity index (χ1) is 9.07. The summed E-state index contributed by atoms with van der Waals surface area (Å²) in [6.45, 7) is 5.90. The maximum atomic E-state index is 11.9. The number of carbonyl (C=O) groups excluding carboxylic acids is 1. The number of hydrogen-bond donors (Lipinski definition) is 2. The molecule has 0 aliphatic rings. The molecule has 0 bridgehead atoms. The molecule has 0 aliphatic carbocycles. The van der Waals surface area contributed by atoms with Gasteiger partial charge < -0.3 is 10.6 Å². The van der Waals surface area contributed by atoms with Crippen LogP contribution in [0.3, 0.4) is 0 Å². The number of rotatable bonds is 7. The third kappa shape index (κ3) is 4.33. The Bertz CT molecular complexity index is 460. The van der Waals surface area contributed by atoms with Gasteiger partial charge in [0.25, 0.3) is 11.6 Å². The second-order valence-corrected chi connectivity index (χ2v) is 4.17. The van der Waals surface area contributed by atoms with Crippen LogP contribution >= 0.6 is 0 Å². The van der Waals surface area contributed by atoms with E-state index in [9.17, 15) is 14.9 Å². The molecule has 0 fully saturated rings. The highest BCUT2D eigenvalue weighted by Gasteiger charge is 2.17. The number of nitro benzene ring substituents is 1. The molecular formula is C13H19N3O3. The average Bonchev–Trinajstić information content (AvgIpc) is 2.38. The molecule has 0 atom stereocenters. The van der Waals surface area contributed by atoms with Crippen molar-refractivity contribution in [3.05, 3.63) is 39.4 Å². The molecule has 104 valence electrons. The Morgan fingerprint density at radius 1 is 1.37 bits per heavy atom. The van der Waals surface area contributed by atoms with Gasteiger partial charge >= 0.3 is 0 Å². The smallest absolute Gasteiger partial charge is 0.273 e. The van der Waals surface area contributed by atoms with Gasteiger partial charge in [-0.2, -0.15) is 0 Å². The summed E-state index contributed by atoms with van der Waals surface area (Å²) in [6.07, 6.45) is 0.827. The van der Waals surface area contributed by atoms with Gasteiger partial charge in [-0.05, 0) is 32.5 Å². The van der Waals surface area contributed by atoms with E-state index in [2.05, 4.69) is 10.6 Å². The standard InChI is InChI=1S/C13H19N3O3/c1-3-14-8-5-9-15-13(17)11-6-4-7-12(10(11)2)16(18)19/h4,6-7,14H,3,5,8-9H2,1-2H3,(H,15,17). The molecule has 1 aromatic rings. The zero-order valence-corrected chi connectivity index (χ0v) is 11.2. The lowest BCUT2D eigenvalue weighted by Gasteiger charge is -2.08. The van der Waals surface area contributed by atoms with E-state index < -0.39 is 4.92 Å². The van der Waals surface area contributed by atoms with Crippen molar-refractivity contribution < 1.29 is 9.72 Å². The first-order valence-corrected chi connectivity index (χ1v) is 6.30. The van der Waals surface area contributed by atoms with Gasteiger partial charge in [-0.25, -0.2) is 0 Å². The first kappa shape index (κ1) is 15.1. The molecule has 6 nitrogen and oxygen atoms in total. The van der Waals surface area contributed by atoms with E-state index in [-0.39, 0.29) is 11.6 Å². The second kappa shape index (κ2) is 7.48. The summed E-state index contributed by atoms with van der Waals surface area (Å²) in [5, 5.41) is 16.7. The third-order valence-corrected chi connectivity index (χ3v) is 2.81. The second-order valence-electron chi connectivity index (χ2n) is 4.17. The zero-order chi connectivity index (χ0) is 14.3. The minimum atomic E-state index is -0.475. The number of nitrogens with zero attached hydrogens (tertiary/aromatic N) is 1. The van der Waals surface area contributed by atoms with Crippen LogP contribution in [0.2, 0.25) is 0 Å². The molecule has 6 heteroatoms. The molecule has 0 unspecified atom stereocenters. The van der Waals surface area contributed by atoms with Crippen molar-refractivity contribution in [1.29, 1.82) is 0 Å². The van der Waals surface area contributed by atoms with E-state index in [0.717, 1.165) is 19.5 Å². The number of benzene rings is 1. The number of amides is 1. The number of carbonyl (C=O) groups is 1. The van der Waals surface area contributed by atoms with Crippen LogP contribution in [0.5, 0.6) is 0 Å². The Kier molecular flexibility index (Phi) is 5.95. The fraction of sp³-hybridized carbons (Fsp3) is 0.462. The van der Waals surface area contributed by atoms with Gasteiger partial charge in [0, 0.05) is 23.7 Å². The predicted molar refractivity (Wildman–Crippen MR) is 73.3 cm³/mol. The van der Waals surface area contributed by atoms with Gasteiger partial charge in [-0.15, -0.1) is 0 Å². The molecular weight excluding hydrogens is 246 g/mol. The molecule has 0 saturated heterocycles. The van der Waals surface area contributed by atoms with Gasteiger partial charge in [0.05, 0.1) is 4.92 Å². The predicted octanol–water partition coefficient (Wildman–Crippen LogP) is 1.63. The summed E-state index contributed by atoms with van der Waals surface area (Å²) in [4.78, 5) is 22.2. The third-order valence-electron chi connectivity index (χ3n) is 2.81. The minimum absolute atomic E-state index is 0.0275. The SMILES string of the molecule is CCNCCCNC(=O)c1cccc([N+](=O)[O-])c1C. The number of nitro groups is 1. The van der Waals surface area contributed by atoms with Gasteiger partial charge in [0.2, 0.25) is 0 Å². The lowest BCUT2D eigenvalue weighted by atomic mass is 10.1. The summed E-state index contributed by atoms with van der Waals surface area (Å²) in [5.74, 6) is -0.266. The highest BCUT2D eigenvalue weighted by Crippen LogP contribution is 2.20. The first-order valence-electron chi connectivity index (χ1n) is 6.30. The molecule has 0 spiro atoms. The lowest BCUT2D eigenvalue weighted by Crippen LogP contribution is -2.27. The Hall–Kier alpha value is -1.95. The molecule has 0 heterocycles. The molecule has 1 amide bonds. The molecule has 1 rings (SSSR count). The van der Waals surface area contributed by atoms with E-state index >= 15 is 0 Å². The van der Waals surface area contributed by atoms with Crippen molar-refractivity contribution in [2.75, 3.05) is 19.6 Å².